The van der Waals surface area contributed by atoms with E-state index in [0.29, 0.717) is 21.9 Å². The first-order valence-corrected chi connectivity index (χ1v) is 9.94. The number of rotatable bonds is 5. The molecule has 31 heavy (non-hydrogen) atoms. The van der Waals surface area contributed by atoms with Gasteiger partial charge in [0.2, 0.25) is 0 Å². The minimum absolute atomic E-state index is 0.0338. The third-order valence-corrected chi connectivity index (χ3v) is 5.44. The highest BCUT2D eigenvalue weighted by molar-refractivity contribution is 6.46. The van der Waals surface area contributed by atoms with E-state index in [1.807, 2.05) is 0 Å². The lowest BCUT2D eigenvalue weighted by molar-refractivity contribution is -0.140. The Balaban J connectivity index is 1.84. The predicted octanol–water partition coefficient (Wildman–Crippen LogP) is 4.37. The number of likely N-dealkylation sites (tertiary alicyclic amines) is 1. The molecular formula is C24H19ClN2O4. The van der Waals surface area contributed by atoms with Crippen molar-refractivity contribution in [3.8, 4) is 5.75 Å². The van der Waals surface area contributed by atoms with E-state index < -0.39 is 17.7 Å². The van der Waals surface area contributed by atoms with Crippen LogP contribution in [-0.4, -0.2) is 33.8 Å². The van der Waals surface area contributed by atoms with Crippen LogP contribution in [0.5, 0.6) is 5.75 Å². The van der Waals surface area contributed by atoms with Crippen LogP contribution in [0.1, 0.15) is 22.7 Å². The number of aliphatic hydroxyl groups is 1. The molecule has 1 atom stereocenters. The summed E-state index contributed by atoms with van der Waals surface area (Å²) in [5, 5.41) is 11.6. The maximum Gasteiger partial charge on any atom is 0.295 e. The number of Topliss-reactive ketones (excluding diaryl/α,β-unsaturated/α-hetero) is 1. The van der Waals surface area contributed by atoms with E-state index in [4.69, 9.17) is 16.3 Å². The zero-order valence-corrected chi connectivity index (χ0v) is 17.4. The van der Waals surface area contributed by atoms with E-state index in [-0.39, 0.29) is 17.9 Å². The van der Waals surface area contributed by atoms with Crippen LogP contribution in [0.15, 0.2) is 78.6 Å². The van der Waals surface area contributed by atoms with E-state index in [2.05, 4.69) is 4.98 Å². The molecular weight excluding hydrogens is 416 g/mol. The molecule has 1 N–H and O–H groups in total. The van der Waals surface area contributed by atoms with Crippen molar-refractivity contribution in [3.63, 3.8) is 0 Å². The van der Waals surface area contributed by atoms with Crippen LogP contribution in [-0.2, 0) is 16.1 Å². The average Bonchev–Trinajstić information content (AvgIpc) is 3.05. The summed E-state index contributed by atoms with van der Waals surface area (Å²) in [6.45, 7) is 0.194. The number of ether oxygens (including phenoxy) is 1. The Hall–Kier alpha value is -3.64. The molecule has 3 aromatic rings. The first-order valence-electron chi connectivity index (χ1n) is 9.57. The molecule has 6 nitrogen and oxygen atoms in total. The number of aliphatic hydroxyl groups excluding tert-OH is 1. The molecule has 0 spiro atoms. The standard InChI is InChI=1S/C24H19ClN2O4/c1-31-19-8-4-17(5-9-19)22(28)20-21(16-2-6-18(25)7-3-16)27(24(30)23(20)29)14-15-10-12-26-13-11-15/h2-13,21,28H,14H2,1H3/t21-/m0/s1. The molecule has 156 valence electrons. The average molecular weight is 435 g/mol. The number of ketones is 1. The van der Waals surface area contributed by atoms with Gasteiger partial charge in [0.05, 0.1) is 18.7 Å². The third kappa shape index (κ3) is 4.02. The number of methoxy groups -OCH3 is 1. The Morgan fingerprint density at radius 1 is 1.03 bits per heavy atom. The summed E-state index contributed by atoms with van der Waals surface area (Å²) in [7, 11) is 1.54. The minimum Gasteiger partial charge on any atom is -0.507 e. The van der Waals surface area contributed by atoms with Crippen molar-refractivity contribution in [1.82, 2.24) is 9.88 Å². The van der Waals surface area contributed by atoms with Crippen LogP contribution >= 0.6 is 11.6 Å². The van der Waals surface area contributed by atoms with Gasteiger partial charge in [-0.2, -0.15) is 0 Å². The van der Waals surface area contributed by atoms with E-state index in [0.717, 1.165) is 5.56 Å². The lowest BCUT2D eigenvalue weighted by atomic mass is 9.95. The minimum atomic E-state index is -0.757. The van der Waals surface area contributed by atoms with E-state index >= 15 is 0 Å². The number of nitrogens with zero attached hydrogens (tertiary/aromatic N) is 2. The fourth-order valence-electron chi connectivity index (χ4n) is 3.62. The maximum atomic E-state index is 13.0. The summed E-state index contributed by atoms with van der Waals surface area (Å²) in [5.74, 6) is -1.03. The summed E-state index contributed by atoms with van der Waals surface area (Å²) >= 11 is 6.04. The Morgan fingerprint density at radius 3 is 2.29 bits per heavy atom. The molecule has 1 aromatic heterocycles. The van der Waals surface area contributed by atoms with Gasteiger partial charge in [-0.25, -0.2) is 0 Å². The Morgan fingerprint density at radius 2 is 1.68 bits per heavy atom. The fourth-order valence-corrected chi connectivity index (χ4v) is 3.75. The van der Waals surface area contributed by atoms with Crippen molar-refractivity contribution in [3.05, 3.63) is 100 Å². The number of halogens is 1. The van der Waals surface area contributed by atoms with Crippen LogP contribution in [0.25, 0.3) is 5.76 Å². The Kier molecular flexibility index (Phi) is 5.73. The molecule has 0 unspecified atom stereocenters. The van der Waals surface area contributed by atoms with Gasteiger partial charge in [-0.3, -0.25) is 14.6 Å². The summed E-state index contributed by atoms with van der Waals surface area (Å²) in [6, 6.07) is 16.3. The van der Waals surface area contributed by atoms with Crippen molar-refractivity contribution in [2.24, 2.45) is 0 Å². The number of amides is 1. The van der Waals surface area contributed by atoms with Gasteiger partial charge in [0.25, 0.3) is 11.7 Å². The smallest absolute Gasteiger partial charge is 0.295 e. The fraction of sp³-hybridized carbons (Fsp3) is 0.125. The Bertz CT molecular complexity index is 1140. The van der Waals surface area contributed by atoms with Crippen LogP contribution in [0.4, 0.5) is 0 Å². The van der Waals surface area contributed by atoms with Crippen molar-refractivity contribution >= 4 is 29.1 Å². The molecule has 0 bridgehead atoms. The molecule has 1 aliphatic heterocycles. The van der Waals surface area contributed by atoms with Gasteiger partial charge in [-0.05, 0) is 59.7 Å². The Labute approximate surface area is 184 Å². The summed E-state index contributed by atoms with van der Waals surface area (Å²) in [6.07, 6.45) is 3.25. The van der Waals surface area contributed by atoms with Gasteiger partial charge in [0.1, 0.15) is 11.5 Å². The molecule has 2 aromatic carbocycles. The van der Waals surface area contributed by atoms with Crippen molar-refractivity contribution < 1.29 is 19.4 Å². The van der Waals surface area contributed by atoms with E-state index in [1.54, 1.807) is 80.2 Å². The third-order valence-electron chi connectivity index (χ3n) is 5.19. The normalized spacial score (nSPS) is 17.7. The van der Waals surface area contributed by atoms with Crippen molar-refractivity contribution in [2.75, 3.05) is 7.11 Å². The zero-order valence-electron chi connectivity index (χ0n) is 16.7. The summed E-state index contributed by atoms with van der Waals surface area (Å²) in [4.78, 5) is 31.4. The maximum absolute atomic E-state index is 13.0. The molecule has 7 heteroatoms. The SMILES string of the molecule is COc1ccc(C(O)=C2C(=O)C(=O)N(Cc3ccncc3)[C@H]2c2ccc(Cl)cc2)cc1. The molecule has 1 aliphatic rings. The molecule has 4 rings (SSSR count). The first-order chi connectivity index (χ1) is 15.0. The molecule has 1 saturated heterocycles. The molecule has 2 heterocycles. The van der Waals surface area contributed by atoms with E-state index in [1.165, 1.54) is 4.90 Å². The highest BCUT2D eigenvalue weighted by atomic mass is 35.5. The molecule has 0 aliphatic carbocycles. The lowest BCUT2D eigenvalue weighted by Crippen LogP contribution is -2.29. The molecule has 0 radical (unpaired) electrons. The van der Waals surface area contributed by atoms with Crippen molar-refractivity contribution in [2.45, 2.75) is 12.6 Å². The van der Waals surface area contributed by atoms with Crippen LogP contribution in [0.2, 0.25) is 5.02 Å². The summed E-state index contributed by atoms with van der Waals surface area (Å²) in [5.41, 5.74) is 1.95. The topological polar surface area (TPSA) is 79.7 Å². The van der Waals surface area contributed by atoms with Crippen LogP contribution in [0.3, 0.4) is 0 Å². The first kappa shape index (κ1) is 20.6. The van der Waals surface area contributed by atoms with Gasteiger partial charge >= 0.3 is 0 Å². The van der Waals surface area contributed by atoms with E-state index in [9.17, 15) is 14.7 Å². The number of carbonyl (C=O) groups is 2. The van der Waals surface area contributed by atoms with Crippen molar-refractivity contribution in [1.29, 1.82) is 0 Å². The highest BCUT2D eigenvalue weighted by Crippen LogP contribution is 2.40. The van der Waals surface area contributed by atoms with Gasteiger partial charge in [0, 0.05) is 29.5 Å². The van der Waals surface area contributed by atoms with Gasteiger partial charge in [0.15, 0.2) is 0 Å². The number of carbonyl (C=O) groups excluding carboxylic acids is 2. The van der Waals surface area contributed by atoms with Gasteiger partial charge in [-0.1, -0.05) is 23.7 Å². The second kappa shape index (κ2) is 8.62. The number of pyridine rings is 1. The highest BCUT2D eigenvalue weighted by Gasteiger charge is 2.46. The van der Waals surface area contributed by atoms with Gasteiger partial charge in [-0.15, -0.1) is 0 Å². The second-order valence-corrected chi connectivity index (χ2v) is 7.50. The van der Waals surface area contributed by atoms with Gasteiger partial charge < -0.3 is 14.7 Å². The monoisotopic (exact) mass is 434 g/mol. The molecule has 1 fully saturated rings. The zero-order chi connectivity index (χ0) is 22.0. The molecule has 1 amide bonds. The number of hydrogen-bond acceptors (Lipinski definition) is 5. The number of aromatic nitrogens is 1. The quantitative estimate of drug-likeness (QED) is 0.366. The summed E-state index contributed by atoms with van der Waals surface area (Å²) < 4.78 is 5.15. The number of hydrogen-bond donors (Lipinski definition) is 1. The van der Waals surface area contributed by atoms with Crippen LogP contribution in [0, 0.1) is 0 Å². The predicted molar refractivity (Wildman–Crippen MR) is 117 cm³/mol. The lowest BCUT2D eigenvalue weighted by Gasteiger charge is -2.25. The molecule has 0 saturated carbocycles. The second-order valence-electron chi connectivity index (χ2n) is 7.06. The number of benzene rings is 2. The largest absolute Gasteiger partial charge is 0.507 e. The van der Waals surface area contributed by atoms with Crippen LogP contribution < -0.4 is 4.74 Å².